The topological polar surface area (TPSA) is 128 Å². The molecule has 0 unspecified atom stereocenters. The molecule has 0 radical (unpaired) electrons. The van der Waals surface area contributed by atoms with Crippen LogP contribution in [0.2, 0.25) is 0 Å². The number of likely N-dealkylation sites (tertiary alicyclic amines) is 2. The molecule has 19 heteroatoms. The number of carbonyl (C=O) groups excluding carboxylic acids is 2. The zero-order valence-corrected chi connectivity index (χ0v) is 38.1. The maximum atomic E-state index is 15.1. The minimum atomic E-state index is -4.77. The SMILES string of the molecule is CC(C)CS(=O)(=O)N1CCc2c(c(C(=O)N3CCC(c4ccccc4C(F)(F)F)CC3)nn2-c2ccc(C3CCN(C(=O)c4n[nH]c5c4CN(C(C)(C)C)CC5)CC3)c(C(F)(F)F)c2)C1. The van der Waals surface area contributed by atoms with Gasteiger partial charge >= 0.3 is 12.4 Å². The van der Waals surface area contributed by atoms with Gasteiger partial charge in [-0.05, 0) is 93.5 Å². The van der Waals surface area contributed by atoms with Gasteiger partial charge in [-0.25, -0.2) is 13.1 Å². The van der Waals surface area contributed by atoms with E-state index >= 15 is 13.2 Å². The Morgan fingerprint density at radius 1 is 0.738 bits per heavy atom. The third-order valence-electron chi connectivity index (χ3n) is 13.5. The summed E-state index contributed by atoms with van der Waals surface area (Å²) in [4.78, 5) is 33.6. The molecule has 352 valence electrons. The Labute approximate surface area is 375 Å². The van der Waals surface area contributed by atoms with Crippen LogP contribution in [0.5, 0.6) is 0 Å². The molecule has 2 aromatic carbocycles. The summed E-state index contributed by atoms with van der Waals surface area (Å²) in [6.45, 7) is 11.8. The van der Waals surface area contributed by atoms with E-state index in [0.717, 1.165) is 36.4 Å². The number of piperidine rings is 2. The zero-order valence-electron chi connectivity index (χ0n) is 37.3. The van der Waals surface area contributed by atoms with Crippen LogP contribution >= 0.6 is 0 Å². The number of aromatic amines is 1. The predicted octanol–water partition coefficient (Wildman–Crippen LogP) is 8.17. The molecular formula is C46H56F6N8O4S. The summed E-state index contributed by atoms with van der Waals surface area (Å²) in [5.41, 5.74) is 1.35. The van der Waals surface area contributed by atoms with Crippen LogP contribution < -0.4 is 0 Å². The number of carbonyl (C=O) groups is 2. The van der Waals surface area contributed by atoms with Crippen molar-refractivity contribution in [2.24, 2.45) is 5.92 Å². The first kappa shape index (κ1) is 46.8. The molecule has 0 bridgehead atoms. The number of nitrogens with one attached hydrogen (secondary N) is 1. The first-order chi connectivity index (χ1) is 30.5. The van der Waals surface area contributed by atoms with Crippen molar-refractivity contribution in [1.82, 2.24) is 39.0 Å². The van der Waals surface area contributed by atoms with E-state index in [-0.39, 0.29) is 110 Å². The molecule has 4 aromatic rings. The van der Waals surface area contributed by atoms with Crippen LogP contribution in [0, 0.1) is 5.92 Å². The molecule has 0 saturated carbocycles. The van der Waals surface area contributed by atoms with E-state index in [0.29, 0.717) is 30.8 Å². The van der Waals surface area contributed by atoms with Crippen LogP contribution in [0.4, 0.5) is 26.3 Å². The second kappa shape index (κ2) is 17.5. The Bertz CT molecular complexity index is 2550. The fourth-order valence-corrected chi connectivity index (χ4v) is 11.8. The van der Waals surface area contributed by atoms with Gasteiger partial charge in [0.25, 0.3) is 11.8 Å². The van der Waals surface area contributed by atoms with Gasteiger partial charge in [0, 0.05) is 87.6 Å². The Balaban J connectivity index is 1.05. The van der Waals surface area contributed by atoms with E-state index in [1.54, 1.807) is 24.8 Å². The molecule has 4 aliphatic heterocycles. The van der Waals surface area contributed by atoms with Crippen LogP contribution in [-0.2, 0) is 48.3 Å². The Hall–Kier alpha value is -4.75. The number of sulfonamides is 1. The van der Waals surface area contributed by atoms with Crippen LogP contribution in [0.15, 0.2) is 42.5 Å². The summed E-state index contributed by atoms with van der Waals surface area (Å²) < 4.78 is 116. The third-order valence-corrected chi connectivity index (χ3v) is 15.7. The minimum Gasteiger partial charge on any atom is -0.337 e. The second-order valence-electron chi connectivity index (χ2n) is 19.3. The molecule has 8 rings (SSSR count). The average Bonchev–Trinajstić information content (AvgIpc) is 3.86. The Morgan fingerprint density at radius 2 is 1.32 bits per heavy atom. The summed E-state index contributed by atoms with van der Waals surface area (Å²) >= 11 is 0. The zero-order chi connectivity index (χ0) is 46.8. The molecule has 0 spiro atoms. The third kappa shape index (κ3) is 9.46. The quantitative estimate of drug-likeness (QED) is 0.177. The van der Waals surface area contributed by atoms with Crippen LogP contribution in [0.1, 0.15) is 138 Å². The molecule has 1 N–H and O–H groups in total. The van der Waals surface area contributed by atoms with Gasteiger partial charge in [0.15, 0.2) is 11.4 Å². The van der Waals surface area contributed by atoms with Gasteiger partial charge in [-0.15, -0.1) is 0 Å². The number of H-pyrrole nitrogens is 1. The lowest BCUT2D eigenvalue weighted by Gasteiger charge is -2.38. The highest BCUT2D eigenvalue weighted by atomic mass is 32.2. The monoisotopic (exact) mass is 930 g/mol. The maximum Gasteiger partial charge on any atom is 0.416 e. The van der Waals surface area contributed by atoms with Gasteiger partial charge < -0.3 is 9.80 Å². The predicted molar refractivity (Wildman–Crippen MR) is 231 cm³/mol. The number of hydrogen-bond donors (Lipinski definition) is 1. The first-order valence-electron chi connectivity index (χ1n) is 22.4. The molecule has 2 aromatic heterocycles. The molecular weight excluding hydrogens is 875 g/mol. The van der Waals surface area contributed by atoms with E-state index in [4.69, 9.17) is 0 Å². The number of halogens is 6. The highest BCUT2D eigenvalue weighted by Crippen LogP contribution is 2.42. The lowest BCUT2D eigenvalue weighted by molar-refractivity contribution is -0.139. The van der Waals surface area contributed by atoms with E-state index in [2.05, 4.69) is 41.0 Å². The second-order valence-corrected chi connectivity index (χ2v) is 21.3. The molecule has 4 aliphatic rings. The number of aromatic nitrogens is 4. The number of alkyl halides is 6. The Kier molecular flexibility index (Phi) is 12.6. The highest BCUT2D eigenvalue weighted by molar-refractivity contribution is 7.89. The normalized spacial score (nSPS) is 18.9. The number of hydrogen-bond acceptors (Lipinski definition) is 7. The fraction of sp³-hybridized carbons (Fsp3) is 0.565. The van der Waals surface area contributed by atoms with E-state index < -0.39 is 51.2 Å². The molecule has 2 fully saturated rings. The van der Waals surface area contributed by atoms with Crippen LogP contribution in [0.25, 0.3) is 5.69 Å². The van der Waals surface area contributed by atoms with Gasteiger partial charge in [0.2, 0.25) is 10.0 Å². The van der Waals surface area contributed by atoms with E-state index in [1.807, 2.05) is 0 Å². The van der Waals surface area contributed by atoms with Crippen molar-refractivity contribution in [3.63, 3.8) is 0 Å². The molecule has 2 saturated heterocycles. The van der Waals surface area contributed by atoms with Crippen molar-refractivity contribution in [2.45, 2.75) is 116 Å². The van der Waals surface area contributed by atoms with Crippen molar-refractivity contribution >= 4 is 21.8 Å². The van der Waals surface area contributed by atoms with E-state index in [9.17, 15) is 31.2 Å². The van der Waals surface area contributed by atoms with Crippen molar-refractivity contribution in [1.29, 1.82) is 0 Å². The number of rotatable bonds is 8. The number of benzene rings is 2. The number of amides is 2. The van der Waals surface area contributed by atoms with Gasteiger partial charge in [-0.2, -0.15) is 40.8 Å². The largest absolute Gasteiger partial charge is 0.416 e. The fourth-order valence-electron chi connectivity index (χ4n) is 10.1. The van der Waals surface area contributed by atoms with Crippen molar-refractivity contribution in [3.05, 3.63) is 98.6 Å². The lowest BCUT2D eigenvalue weighted by Crippen LogP contribution is -2.45. The molecule has 12 nitrogen and oxygen atoms in total. The van der Waals surface area contributed by atoms with Crippen molar-refractivity contribution in [3.8, 4) is 5.69 Å². The van der Waals surface area contributed by atoms with E-state index in [1.165, 1.54) is 38.2 Å². The summed E-state index contributed by atoms with van der Waals surface area (Å²) in [6, 6.07) is 9.38. The lowest BCUT2D eigenvalue weighted by atomic mass is 9.85. The minimum absolute atomic E-state index is 0.0306. The summed E-state index contributed by atoms with van der Waals surface area (Å²) in [5, 5.41) is 12.0. The summed E-state index contributed by atoms with van der Waals surface area (Å²) in [6.07, 6.45) is -7.44. The number of fused-ring (bicyclic) bond motifs is 2. The summed E-state index contributed by atoms with van der Waals surface area (Å²) in [5.74, 6) is -2.12. The van der Waals surface area contributed by atoms with Crippen molar-refractivity contribution < 1.29 is 44.3 Å². The molecule has 6 heterocycles. The highest BCUT2D eigenvalue weighted by Gasteiger charge is 2.41. The van der Waals surface area contributed by atoms with Crippen molar-refractivity contribution in [2.75, 3.05) is 45.0 Å². The maximum absolute atomic E-state index is 15.1. The van der Waals surface area contributed by atoms with Gasteiger partial charge in [-0.1, -0.05) is 38.1 Å². The van der Waals surface area contributed by atoms with Crippen LogP contribution in [0.3, 0.4) is 0 Å². The first-order valence-corrected chi connectivity index (χ1v) is 24.0. The number of nitrogens with zero attached hydrogens (tertiary/aromatic N) is 7. The van der Waals surface area contributed by atoms with Gasteiger partial charge in [0.1, 0.15) is 0 Å². The molecule has 2 amide bonds. The van der Waals surface area contributed by atoms with Gasteiger partial charge in [-0.3, -0.25) is 19.6 Å². The standard InChI is InChI=1S/C46H56F6N8O4S/c1-28(2)27-65(63,64)59-23-17-39-35(26-59)41(43(62)57-20-12-29(13-21-57)32-8-6-7-9-36(32)45(47,48)49)55-60(39)31-10-11-33(37(24-31)46(50,51)52)30-14-18-56(19-15-30)42(61)40-34-25-58(44(3,4)5)22-16-38(34)53-54-40/h6-11,24,28-30H,12-23,25-27H2,1-5H3,(H,53,54). The smallest absolute Gasteiger partial charge is 0.337 e. The average molecular weight is 931 g/mol. The van der Waals surface area contributed by atoms with Crippen LogP contribution in [-0.4, -0.2) is 110 Å². The molecule has 0 aliphatic carbocycles. The molecule has 0 atom stereocenters. The molecule has 65 heavy (non-hydrogen) atoms. The van der Waals surface area contributed by atoms with Gasteiger partial charge in [0.05, 0.1) is 28.3 Å². The Morgan fingerprint density at radius 3 is 1.91 bits per heavy atom. The summed E-state index contributed by atoms with van der Waals surface area (Å²) in [7, 11) is -3.78.